The lowest BCUT2D eigenvalue weighted by atomic mass is 9.35. The van der Waals surface area contributed by atoms with E-state index in [-0.39, 0.29) is 13.4 Å². The lowest BCUT2D eigenvalue weighted by molar-refractivity contribution is 0.464. The Hall–Kier alpha value is -8.65. The van der Waals surface area contributed by atoms with Gasteiger partial charge in [0.15, 0.2) is 0 Å². The highest BCUT2D eigenvalue weighted by molar-refractivity contribution is 7.23. The van der Waals surface area contributed by atoms with Crippen molar-refractivity contribution in [2.75, 3.05) is 9.80 Å². The van der Waals surface area contributed by atoms with Crippen LogP contribution in [0.4, 0.5) is 34.1 Å². The lowest BCUT2D eigenvalue weighted by Gasteiger charge is -2.59. The van der Waals surface area contributed by atoms with Gasteiger partial charge >= 0.3 is 0 Å². The van der Waals surface area contributed by atoms with Crippen molar-refractivity contribution in [2.45, 2.75) is 0 Å². The molecular formula is C60H36B2N2O4Si-. The molecule has 0 saturated carbocycles. The minimum absolute atomic E-state index is 0.00560. The van der Waals surface area contributed by atoms with Crippen molar-refractivity contribution in [3.05, 3.63) is 218 Å². The highest BCUT2D eigenvalue weighted by Crippen LogP contribution is 2.48. The number of rotatable bonds is 2. The van der Waals surface area contributed by atoms with E-state index >= 15 is 0 Å². The molecule has 0 bridgehead atoms. The molecule has 321 valence electrons. The molecule has 6 aliphatic rings. The zero-order valence-electron chi connectivity index (χ0n) is 37.0. The van der Waals surface area contributed by atoms with E-state index < -0.39 is 8.07 Å². The second-order valence-corrected chi connectivity index (χ2v) is 22.3. The van der Waals surface area contributed by atoms with Gasteiger partial charge in [0, 0.05) is 57.9 Å². The van der Waals surface area contributed by atoms with E-state index in [0.29, 0.717) is 0 Å². The van der Waals surface area contributed by atoms with Crippen molar-refractivity contribution in [1.29, 1.82) is 0 Å². The van der Waals surface area contributed by atoms with Gasteiger partial charge in [-0.1, -0.05) is 146 Å². The van der Waals surface area contributed by atoms with E-state index in [0.717, 1.165) is 113 Å². The van der Waals surface area contributed by atoms with Crippen LogP contribution in [0, 0.1) is 0 Å². The molecule has 1 spiro atoms. The lowest BCUT2D eigenvalue weighted by Crippen LogP contribution is -2.79. The number of hydrogen-bond donors (Lipinski definition) is 0. The number of nitrogens with zero attached hydrogens (tertiary/aromatic N) is 2. The smallest absolute Gasteiger partial charge is 0.260 e. The summed E-state index contributed by atoms with van der Waals surface area (Å²) in [6.07, 6.45) is 0. The largest absolute Gasteiger partial charge is 0.458 e. The fraction of sp³-hybridized carbons (Fsp3) is 0. The van der Waals surface area contributed by atoms with Crippen molar-refractivity contribution in [3.8, 4) is 46.0 Å². The van der Waals surface area contributed by atoms with Crippen molar-refractivity contribution in [2.24, 2.45) is 0 Å². The molecule has 0 amide bonds. The van der Waals surface area contributed by atoms with Crippen LogP contribution in [0.2, 0.25) is 0 Å². The molecule has 0 radical (unpaired) electrons. The van der Waals surface area contributed by atoms with Crippen LogP contribution in [0.15, 0.2) is 218 Å². The van der Waals surface area contributed by atoms with E-state index in [4.69, 9.17) is 18.9 Å². The fourth-order valence-corrected chi connectivity index (χ4v) is 18.1. The van der Waals surface area contributed by atoms with Crippen molar-refractivity contribution in [1.82, 2.24) is 0 Å². The summed E-state index contributed by atoms with van der Waals surface area (Å²) in [4.78, 5) is 4.88. The summed E-state index contributed by atoms with van der Waals surface area (Å²) in [5.74, 6) is 6.74. The monoisotopic (exact) mass is 898 g/mol. The normalized spacial score (nSPS) is 14.8. The molecule has 10 aromatic rings. The van der Waals surface area contributed by atoms with Crippen LogP contribution < -0.4 is 82.3 Å². The van der Waals surface area contributed by atoms with Crippen LogP contribution in [0.25, 0.3) is 0 Å². The zero-order chi connectivity index (χ0) is 45.0. The number of anilines is 6. The molecule has 0 aromatic heterocycles. The summed E-state index contributed by atoms with van der Waals surface area (Å²) < 4.78 is 27.5. The number of benzene rings is 10. The quantitative estimate of drug-likeness (QED) is 0.164. The van der Waals surface area contributed by atoms with Gasteiger partial charge in [0.1, 0.15) is 46.0 Å². The van der Waals surface area contributed by atoms with Crippen LogP contribution in [0.5, 0.6) is 46.0 Å². The minimum Gasteiger partial charge on any atom is -0.458 e. The summed E-state index contributed by atoms with van der Waals surface area (Å²) >= 11 is 0. The predicted molar refractivity (Wildman–Crippen MR) is 282 cm³/mol. The third-order valence-corrected chi connectivity index (χ3v) is 20.2. The molecule has 6 heterocycles. The highest BCUT2D eigenvalue weighted by atomic mass is 28.3. The third kappa shape index (κ3) is 4.91. The summed E-state index contributed by atoms with van der Waals surface area (Å²) in [6, 6.07) is 78.9. The van der Waals surface area contributed by atoms with Gasteiger partial charge in [-0.2, -0.15) is 0 Å². The van der Waals surface area contributed by atoms with Crippen molar-refractivity contribution < 1.29 is 18.9 Å². The maximum absolute atomic E-state index is 6.88. The number of fused-ring (bicyclic) bond motifs is 16. The zero-order valence-corrected chi connectivity index (χ0v) is 38.0. The first-order valence-corrected chi connectivity index (χ1v) is 25.6. The van der Waals surface area contributed by atoms with Gasteiger partial charge in [-0.25, -0.2) is 0 Å². The maximum Gasteiger partial charge on any atom is 0.260 e. The fourth-order valence-electron chi connectivity index (χ4n) is 12.6. The molecule has 16 rings (SSSR count). The minimum atomic E-state index is -3.10. The highest BCUT2D eigenvalue weighted by Gasteiger charge is 2.46. The molecule has 0 atom stereocenters. The molecule has 69 heavy (non-hydrogen) atoms. The van der Waals surface area contributed by atoms with Gasteiger partial charge in [-0.15, -0.1) is 20.7 Å². The first kappa shape index (κ1) is 37.4. The summed E-state index contributed by atoms with van der Waals surface area (Å²) in [5.41, 5.74) is 13.2. The molecule has 6 aliphatic heterocycles. The third-order valence-electron chi connectivity index (χ3n) is 15.3. The van der Waals surface area contributed by atoms with Crippen LogP contribution in [0.3, 0.4) is 0 Å². The Morgan fingerprint density at radius 1 is 0.275 bits per heavy atom. The van der Waals surface area contributed by atoms with E-state index in [1.54, 1.807) is 0 Å². The second kappa shape index (κ2) is 13.7. The molecule has 0 fully saturated rings. The Labute approximate surface area is 400 Å². The van der Waals surface area contributed by atoms with E-state index in [1.165, 1.54) is 20.7 Å². The first-order chi connectivity index (χ1) is 34.2. The predicted octanol–water partition coefficient (Wildman–Crippen LogP) is 8.09. The van der Waals surface area contributed by atoms with Crippen molar-refractivity contribution in [3.63, 3.8) is 0 Å². The van der Waals surface area contributed by atoms with Crippen LogP contribution >= 0.6 is 0 Å². The van der Waals surface area contributed by atoms with Gasteiger partial charge in [0.05, 0.1) is 11.4 Å². The number of hydrogen-bond acceptors (Lipinski definition) is 6. The Kier molecular flexibility index (Phi) is 7.44. The van der Waals surface area contributed by atoms with Crippen LogP contribution in [-0.4, -0.2) is 21.5 Å². The Morgan fingerprint density at radius 2 is 0.522 bits per heavy atom. The summed E-state index contributed by atoms with van der Waals surface area (Å²) in [7, 11) is -3.10. The Morgan fingerprint density at radius 3 is 0.812 bits per heavy atom. The van der Waals surface area contributed by atoms with E-state index in [2.05, 4.69) is 228 Å². The molecule has 9 heteroatoms. The van der Waals surface area contributed by atoms with Gasteiger partial charge in [-0.3, -0.25) is 0 Å². The Bertz CT molecular complexity index is 3400. The first-order valence-electron chi connectivity index (χ1n) is 23.6. The van der Waals surface area contributed by atoms with Gasteiger partial charge < -0.3 is 28.7 Å². The molecule has 6 nitrogen and oxygen atoms in total. The van der Waals surface area contributed by atoms with Crippen molar-refractivity contribution >= 4 is 109 Å². The van der Waals surface area contributed by atoms with Crippen LogP contribution in [0.1, 0.15) is 0 Å². The van der Waals surface area contributed by atoms with Gasteiger partial charge in [-0.05, 0) is 78.5 Å². The molecule has 0 N–H and O–H groups in total. The standard InChI is InChI=1S/C60H36B2N2O4Si/c1-9-25-47-39(17-1)61-40-18-2-10-26-48(40)66-52-34-37(33-51(65-47)59(52)61)63-43-21-5-13-29-55(43)69(56-30-14-6-22-44(56)63)57-31-15-7-23-45(57)64(46-24-8-16-32-58(46)69)38-35-53-60-54(36-38)68-50-28-12-4-20-42(50)62(60)41-19-3-11-27-49(41)67-53/h1-36H/q-1. The maximum atomic E-state index is 6.88. The average Bonchev–Trinajstić information content (AvgIpc) is 3.40. The molecule has 10 aromatic carbocycles. The molecular weight excluding hydrogens is 862 g/mol. The molecule has 0 unspecified atom stereocenters. The van der Waals surface area contributed by atoms with Gasteiger partial charge in [0.2, 0.25) is 0 Å². The van der Waals surface area contributed by atoms with Gasteiger partial charge in [0.25, 0.3) is 13.4 Å². The average molecular weight is 899 g/mol. The number of para-hydroxylation sites is 8. The molecule has 0 saturated heterocycles. The second-order valence-electron chi connectivity index (χ2n) is 18.6. The summed E-state index contributed by atoms with van der Waals surface area (Å²) in [5, 5.41) is 5.25. The topological polar surface area (TPSA) is 43.4 Å². The van der Waals surface area contributed by atoms with E-state index in [1.807, 2.05) is 0 Å². The van der Waals surface area contributed by atoms with Crippen LogP contribution in [-0.2, 0) is 0 Å². The number of ether oxygens (including phenoxy) is 4. The molecule has 0 aliphatic carbocycles. The SMILES string of the molecule is c1ccc2c(c1)Oc1cc(N3c4ccccc4[Si-]4(c5ccccc53)c3ccccc3N(c3cc5c6c(c3)Oc3ccccc3B6c3ccccc3O5)c3ccccc34)cc3c1B2c1ccccc1O3. The van der Waals surface area contributed by atoms with E-state index in [9.17, 15) is 0 Å². The Balaban J connectivity index is 0.904. The summed E-state index contributed by atoms with van der Waals surface area (Å²) in [6.45, 7) is -0.0112.